The highest BCUT2D eigenvalue weighted by molar-refractivity contribution is 6.30. The summed E-state index contributed by atoms with van der Waals surface area (Å²) in [7, 11) is 0. The highest BCUT2D eigenvalue weighted by Crippen LogP contribution is 2.11. The summed E-state index contributed by atoms with van der Waals surface area (Å²) in [5.74, 6) is -0.612. The van der Waals surface area contributed by atoms with Gasteiger partial charge in [-0.2, -0.15) is 0 Å². The van der Waals surface area contributed by atoms with Gasteiger partial charge in [-0.05, 0) is 35.4 Å². The third-order valence-corrected chi connectivity index (χ3v) is 4.52. The van der Waals surface area contributed by atoms with Crippen LogP contribution in [0.2, 0.25) is 5.02 Å². The normalized spacial score (nSPS) is 11.0. The quantitative estimate of drug-likeness (QED) is 0.429. The maximum absolute atomic E-state index is 12.7. The first-order chi connectivity index (χ1) is 14.1. The molecule has 3 aromatic rings. The summed E-state index contributed by atoms with van der Waals surface area (Å²) in [6.45, 7) is 0.804. The number of nitrogens with one attached hydrogen (secondary N) is 2. The van der Waals surface area contributed by atoms with Crippen molar-refractivity contribution < 1.29 is 9.59 Å². The zero-order valence-corrected chi connectivity index (χ0v) is 16.5. The summed E-state index contributed by atoms with van der Waals surface area (Å²) >= 11 is 5.89. The molecular formula is C24H21ClN2O2. The molecular weight excluding hydrogens is 384 g/mol. The molecule has 0 aromatic heterocycles. The molecule has 0 aliphatic heterocycles. The Bertz CT molecular complexity index is 984. The summed E-state index contributed by atoms with van der Waals surface area (Å²) < 4.78 is 0. The maximum Gasteiger partial charge on any atom is 0.267 e. The number of ketones is 1. The van der Waals surface area contributed by atoms with Crippen molar-refractivity contribution in [2.45, 2.75) is 13.1 Å². The molecule has 146 valence electrons. The molecule has 0 radical (unpaired) electrons. The Balaban J connectivity index is 1.75. The summed E-state index contributed by atoms with van der Waals surface area (Å²) in [5.41, 5.74) is 2.66. The molecule has 1 amide bonds. The van der Waals surface area contributed by atoms with E-state index >= 15 is 0 Å². The lowest BCUT2D eigenvalue weighted by molar-refractivity contribution is -0.118. The Labute approximate surface area is 175 Å². The lowest BCUT2D eigenvalue weighted by Gasteiger charge is -2.12. The van der Waals surface area contributed by atoms with Gasteiger partial charge in [0.25, 0.3) is 5.91 Å². The monoisotopic (exact) mass is 404 g/mol. The maximum atomic E-state index is 12.7. The number of hydrogen-bond donors (Lipinski definition) is 2. The van der Waals surface area contributed by atoms with Gasteiger partial charge in [-0.25, -0.2) is 0 Å². The summed E-state index contributed by atoms with van der Waals surface area (Å²) in [6, 6.07) is 25.9. The Morgan fingerprint density at radius 2 is 1.24 bits per heavy atom. The fourth-order valence-electron chi connectivity index (χ4n) is 2.69. The van der Waals surface area contributed by atoms with Crippen LogP contribution in [0, 0.1) is 0 Å². The van der Waals surface area contributed by atoms with Crippen LogP contribution in [0.1, 0.15) is 21.5 Å². The van der Waals surface area contributed by atoms with E-state index < -0.39 is 0 Å². The van der Waals surface area contributed by atoms with Gasteiger partial charge in [0.05, 0.1) is 0 Å². The van der Waals surface area contributed by atoms with Gasteiger partial charge in [0.15, 0.2) is 5.78 Å². The van der Waals surface area contributed by atoms with Crippen LogP contribution < -0.4 is 10.6 Å². The Morgan fingerprint density at radius 1 is 0.724 bits per heavy atom. The molecule has 4 nitrogen and oxygen atoms in total. The van der Waals surface area contributed by atoms with Gasteiger partial charge in [0.1, 0.15) is 5.70 Å². The van der Waals surface area contributed by atoms with E-state index in [0.717, 1.165) is 11.1 Å². The standard InChI is InChI=1S/C24H21ClN2O2/c25-21-13-11-20(12-14-21)23(28)15-22(26-16-18-7-3-1-4-8-18)24(29)27-17-19-9-5-2-6-10-19/h1-15,26H,16-17H2,(H,27,29)/b22-15+. The van der Waals surface area contributed by atoms with Gasteiger partial charge in [-0.15, -0.1) is 0 Å². The van der Waals surface area contributed by atoms with Gasteiger partial charge >= 0.3 is 0 Å². The first-order valence-electron chi connectivity index (χ1n) is 9.23. The van der Waals surface area contributed by atoms with E-state index in [-0.39, 0.29) is 17.4 Å². The van der Waals surface area contributed by atoms with E-state index in [1.807, 2.05) is 60.7 Å². The average molecular weight is 405 g/mol. The molecule has 0 aliphatic carbocycles. The molecule has 0 aliphatic rings. The molecule has 0 heterocycles. The number of allylic oxidation sites excluding steroid dienone is 1. The number of amides is 1. The minimum absolute atomic E-state index is 0.213. The van der Waals surface area contributed by atoms with Crippen molar-refractivity contribution in [3.8, 4) is 0 Å². The molecule has 2 N–H and O–H groups in total. The Hall–Kier alpha value is -3.37. The minimum atomic E-state index is -0.341. The van der Waals surface area contributed by atoms with E-state index in [9.17, 15) is 9.59 Å². The van der Waals surface area contributed by atoms with Gasteiger partial charge in [0.2, 0.25) is 0 Å². The molecule has 0 atom stereocenters. The summed E-state index contributed by atoms with van der Waals surface area (Å²) in [4.78, 5) is 25.4. The van der Waals surface area contributed by atoms with Crippen LogP contribution in [-0.4, -0.2) is 11.7 Å². The van der Waals surface area contributed by atoms with Crippen molar-refractivity contribution in [1.29, 1.82) is 0 Å². The molecule has 0 saturated heterocycles. The van der Waals surface area contributed by atoms with Crippen LogP contribution in [0.15, 0.2) is 96.7 Å². The molecule has 0 fully saturated rings. The van der Waals surface area contributed by atoms with E-state index in [1.54, 1.807) is 24.3 Å². The average Bonchev–Trinajstić information content (AvgIpc) is 2.76. The highest BCUT2D eigenvalue weighted by atomic mass is 35.5. The second-order valence-electron chi connectivity index (χ2n) is 6.44. The number of benzene rings is 3. The Morgan fingerprint density at radius 3 is 1.79 bits per heavy atom. The van der Waals surface area contributed by atoms with Crippen LogP contribution in [0.3, 0.4) is 0 Å². The Kier molecular flexibility index (Phi) is 7.20. The van der Waals surface area contributed by atoms with E-state index in [4.69, 9.17) is 11.6 Å². The van der Waals surface area contributed by atoms with Gasteiger partial charge in [0, 0.05) is 29.8 Å². The second kappa shape index (κ2) is 10.2. The van der Waals surface area contributed by atoms with Crippen molar-refractivity contribution in [2.75, 3.05) is 0 Å². The van der Waals surface area contributed by atoms with Gasteiger partial charge < -0.3 is 10.6 Å². The fourth-order valence-corrected chi connectivity index (χ4v) is 2.82. The predicted molar refractivity (Wildman–Crippen MR) is 115 cm³/mol. The SMILES string of the molecule is O=C(NCc1ccccc1)/C(=C\C(=O)c1ccc(Cl)cc1)NCc1ccccc1. The third-order valence-electron chi connectivity index (χ3n) is 4.27. The van der Waals surface area contributed by atoms with Crippen molar-refractivity contribution in [3.63, 3.8) is 0 Å². The third kappa shape index (κ3) is 6.33. The molecule has 0 bridgehead atoms. The van der Waals surface area contributed by atoms with Crippen LogP contribution in [0.5, 0.6) is 0 Å². The molecule has 3 aromatic carbocycles. The van der Waals surface area contributed by atoms with E-state index in [1.165, 1.54) is 6.08 Å². The zero-order chi connectivity index (χ0) is 20.5. The van der Waals surface area contributed by atoms with Crippen molar-refractivity contribution in [2.24, 2.45) is 0 Å². The van der Waals surface area contributed by atoms with Crippen molar-refractivity contribution in [3.05, 3.63) is 118 Å². The van der Waals surface area contributed by atoms with E-state index in [2.05, 4.69) is 10.6 Å². The van der Waals surface area contributed by atoms with Crippen molar-refractivity contribution >= 4 is 23.3 Å². The van der Waals surface area contributed by atoms with Crippen LogP contribution >= 0.6 is 11.6 Å². The van der Waals surface area contributed by atoms with Crippen LogP contribution in [0.4, 0.5) is 0 Å². The lowest BCUT2D eigenvalue weighted by atomic mass is 10.1. The van der Waals surface area contributed by atoms with Gasteiger partial charge in [-0.1, -0.05) is 72.3 Å². The number of halogens is 1. The lowest BCUT2D eigenvalue weighted by Crippen LogP contribution is -2.32. The smallest absolute Gasteiger partial charge is 0.267 e. The molecule has 0 saturated carbocycles. The summed E-state index contributed by atoms with van der Waals surface area (Å²) in [5, 5.41) is 6.49. The largest absolute Gasteiger partial charge is 0.376 e. The molecule has 0 unspecified atom stereocenters. The summed E-state index contributed by atoms with van der Waals surface area (Å²) in [6.07, 6.45) is 1.33. The number of hydrogen-bond acceptors (Lipinski definition) is 3. The first kappa shape index (κ1) is 20.4. The second-order valence-corrected chi connectivity index (χ2v) is 6.87. The number of carbonyl (C=O) groups excluding carboxylic acids is 2. The fraction of sp³-hybridized carbons (Fsp3) is 0.0833. The van der Waals surface area contributed by atoms with Crippen LogP contribution in [0.25, 0.3) is 0 Å². The highest BCUT2D eigenvalue weighted by Gasteiger charge is 2.13. The molecule has 0 spiro atoms. The number of carbonyl (C=O) groups is 2. The minimum Gasteiger partial charge on any atom is -0.376 e. The van der Waals surface area contributed by atoms with Gasteiger partial charge in [-0.3, -0.25) is 9.59 Å². The number of rotatable bonds is 8. The molecule has 5 heteroatoms. The first-order valence-corrected chi connectivity index (χ1v) is 9.61. The molecule has 3 rings (SSSR count). The topological polar surface area (TPSA) is 58.2 Å². The van der Waals surface area contributed by atoms with Crippen LogP contribution in [-0.2, 0) is 17.9 Å². The predicted octanol–water partition coefficient (Wildman–Crippen LogP) is 4.51. The zero-order valence-electron chi connectivity index (χ0n) is 15.8. The molecule has 29 heavy (non-hydrogen) atoms. The van der Waals surface area contributed by atoms with Crippen molar-refractivity contribution in [1.82, 2.24) is 10.6 Å². The van der Waals surface area contributed by atoms with E-state index in [0.29, 0.717) is 23.7 Å².